The van der Waals surface area contributed by atoms with Crippen LogP contribution in [0.4, 0.5) is 24.0 Å². The van der Waals surface area contributed by atoms with E-state index in [1.54, 1.807) is 0 Å². The number of carboxylic acid groups (broad SMARTS) is 10. The molecular formula is C5H7Al3Cu3O21. The van der Waals surface area contributed by atoms with E-state index in [2.05, 4.69) is 0 Å². The molecule has 0 rings (SSSR count). The summed E-state index contributed by atoms with van der Waals surface area (Å²) >= 11 is 0. The van der Waals surface area contributed by atoms with Crippen molar-refractivity contribution in [2.75, 3.05) is 0 Å². The second kappa shape index (κ2) is 127. The molecular weight excluding hydrogens is 668 g/mol. The van der Waals surface area contributed by atoms with Crippen LogP contribution in [0, 0.1) is 0 Å². The molecule has 0 bridgehead atoms. The standard InChI is InChI=1S/5CH2O3.3Al.3Cu.6H2O/c5*2-1(3)4;;;;;;;;;;;;/h5*(H2,2,3,4);;;;;;;6*1H2/q;;;;;3*+3;3*+2;;;;;;/p-15. The number of carbonyl (C=O) groups excluding carboxylic acids is 5. The van der Waals surface area contributed by atoms with Gasteiger partial charge >= 0.3 is 103 Å². The van der Waals surface area contributed by atoms with Crippen LogP contribution in [-0.2, 0) is 51.2 Å². The van der Waals surface area contributed by atoms with Gasteiger partial charge in [0.1, 0.15) is 0 Å². The molecule has 0 spiro atoms. The van der Waals surface area contributed by atoms with Gasteiger partial charge in [0, 0.05) is 0 Å². The van der Waals surface area contributed by atoms with Crippen LogP contribution >= 0.6 is 0 Å². The van der Waals surface area contributed by atoms with Gasteiger partial charge in [0.15, 0.2) is 0 Å². The van der Waals surface area contributed by atoms with Gasteiger partial charge in [-0.2, -0.15) is 0 Å². The molecule has 7 N–H and O–H groups in total. The third kappa shape index (κ3) is 43400. The molecule has 0 fully saturated rings. The zero-order valence-corrected chi connectivity index (χ0v) is 20.3. The Morgan fingerprint density at radius 1 is 0.312 bits per heavy atom. The average Bonchev–Trinajstić information content (AvgIpc) is 1.94. The summed E-state index contributed by atoms with van der Waals surface area (Å²) < 4.78 is 0. The molecule has 0 aromatic carbocycles. The van der Waals surface area contributed by atoms with Crippen molar-refractivity contribution >= 4 is 82.9 Å². The summed E-state index contributed by atoms with van der Waals surface area (Å²) in [6, 6.07) is 0. The molecule has 0 saturated heterocycles. The van der Waals surface area contributed by atoms with Crippen LogP contribution < -0.4 is 51.1 Å². The molecule has 0 atom stereocenters. The van der Waals surface area contributed by atoms with Crippen LogP contribution in [0.3, 0.4) is 0 Å². The van der Waals surface area contributed by atoms with E-state index in [9.17, 15) is 0 Å². The molecule has 32 heavy (non-hydrogen) atoms. The van der Waals surface area contributed by atoms with Crippen molar-refractivity contribution in [3.63, 3.8) is 0 Å². The van der Waals surface area contributed by atoms with Gasteiger partial charge in [-0.05, 0) is 30.8 Å². The fourth-order valence-corrected chi connectivity index (χ4v) is 0. The Kier molecular flexibility index (Phi) is 560. The van der Waals surface area contributed by atoms with Gasteiger partial charge < -0.3 is 108 Å². The van der Waals surface area contributed by atoms with Crippen LogP contribution in [0.5, 0.6) is 0 Å². The molecule has 0 saturated carbocycles. The second-order valence-corrected chi connectivity index (χ2v) is 1.25. The topological polar surface area (TPSA) is 497 Å². The van der Waals surface area contributed by atoms with Crippen molar-refractivity contribution in [1.82, 2.24) is 0 Å². The molecule has 195 valence electrons. The summed E-state index contributed by atoms with van der Waals surface area (Å²) in [5, 5.41) is 83.3. The van der Waals surface area contributed by atoms with Crippen LogP contribution in [-0.4, -0.2) is 116 Å². The van der Waals surface area contributed by atoms with E-state index in [4.69, 9.17) is 75.0 Å². The van der Waals surface area contributed by atoms with E-state index in [0.29, 0.717) is 0 Å². The predicted octanol–water partition coefficient (Wildman–Crippen LogP) is -15.1. The Morgan fingerprint density at radius 2 is 0.312 bits per heavy atom. The van der Waals surface area contributed by atoms with E-state index in [1.165, 1.54) is 0 Å². The molecule has 21 nitrogen and oxygen atoms in total. The average molecular weight is 675 g/mol. The SMILES string of the molecule is O.O=C([O-])[O-].O=C([O-])[O-].O=C([O-])[O-].O=C([O-])[O-].O=C([O-])[O-].[Al+3].[Al+3].[Al+3].[Cu+2].[Cu+2].[Cu+2].[OH-].[OH-].[OH-].[OH-].[OH-]. The molecule has 0 amide bonds. The first-order valence-electron chi connectivity index (χ1n) is 3.06. The van der Waals surface area contributed by atoms with E-state index < -0.39 is 30.8 Å². The molecule has 0 aromatic heterocycles. The van der Waals surface area contributed by atoms with Crippen molar-refractivity contribution in [3.8, 4) is 0 Å². The van der Waals surface area contributed by atoms with Crippen molar-refractivity contribution in [2.45, 2.75) is 0 Å². The maximum atomic E-state index is 8.33. The van der Waals surface area contributed by atoms with Gasteiger partial charge in [-0.15, -0.1) is 0 Å². The normalized spacial score (nSPS) is 3.75. The summed E-state index contributed by atoms with van der Waals surface area (Å²) in [7, 11) is 0. The molecule has 3 radical (unpaired) electrons. The monoisotopic (exact) mass is 673 g/mol. The summed E-state index contributed by atoms with van der Waals surface area (Å²) in [6.07, 6.45) is -11.7. The molecule has 0 aromatic rings. The largest absolute Gasteiger partial charge is 3.00 e. The molecule has 0 heterocycles. The summed E-state index contributed by atoms with van der Waals surface area (Å²) in [5.74, 6) is 0. The molecule has 0 unspecified atom stereocenters. The van der Waals surface area contributed by atoms with Gasteiger partial charge in [-0.25, -0.2) is 0 Å². The van der Waals surface area contributed by atoms with Gasteiger partial charge in [-0.3, -0.25) is 0 Å². The first-order chi connectivity index (χ1) is 8.66. The molecule has 0 aliphatic rings. The van der Waals surface area contributed by atoms with E-state index in [1.807, 2.05) is 0 Å². The van der Waals surface area contributed by atoms with Crippen molar-refractivity contribution < 1.29 is 159 Å². The van der Waals surface area contributed by atoms with Crippen LogP contribution in [0.25, 0.3) is 0 Å². The fourth-order valence-electron chi connectivity index (χ4n) is 0. The van der Waals surface area contributed by atoms with Crippen LogP contribution in [0.2, 0.25) is 0 Å². The van der Waals surface area contributed by atoms with Crippen molar-refractivity contribution in [2.24, 2.45) is 0 Å². The molecule has 0 aliphatic carbocycles. The van der Waals surface area contributed by atoms with E-state index >= 15 is 0 Å². The minimum absolute atomic E-state index is 0. The van der Waals surface area contributed by atoms with E-state index in [-0.39, 0.29) is 136 Å². The fraction of sp³-hybridized carbons (Fsp3) is 0. The van der Waals surface area contributed by atoms with Crippen molar-refractivity contribution in [3.05, 3.63) is 0 Å². The third-order valence-corrected chi connectivity index (χ3v) is 0. The maximum absolute atomic E-state index is 8.33. The van der Waals surface area contributed by atoms with Gasteiger partial charge in [-0.1, -0.05) is 0 Å². The minimum Gasteiger partial charge on any atom is -0.870 e. The zero-order valence-electron chi connectivity index (χ0n) is 14.0. The third-order valence-electron chi connectivity index (χ3n) is 0. The van der Waals surface area contributed by atoms with Gasteiger partial charge in [0.25, 0.3) is 0 Å². The number of rotatable bonds is 0. The van der Waals surface area contributed by atoms with E-state index in [0.717, 1.165) is 0 Å². The first-order valence-corrected chi connectivity index (χ1v) is 3.06. The summed E-state index contributed by atoms with van der Waals surface area (Å²) in [6.45, 7) is 0. The maximum Gasteiger partial charge on any atom is 3.00 e. The Hall–Kier alpha value is -0.734. The Morgan fingerprint density at radius 3 is 0.312 bits per heavy atom. The Labute approximate surface area is 240 Å². The molecule has 0 aliphatic heterocycles. The second-order valence-electron chi connectivity index (χ2n) is 1.25. The van der Waals surface area contributed by atoms with Crippen LogP contribution in [0.15, 0.2) is 0 Å². The number of hydrogen-bond acceptors (Lipinski definition) is 20. The Balaban J connectivity index is -0.00000000536. The van der Waals surface area contributed by atoms with Crippen LogP contribution in [0.1, 0.15) is 0 Å². The summed E-state index contributed by atoms with van der Waals surface area (Å²) in [5.41, 5.74) is 0. The zero-order chi connectivity index (χ0) is 17.9. The number of hydrogen-bond donors (Lipinski definition) is 0. The smallest absolute Gasteiger partial charge is 0.870 e. The minimum atomic E-state index is -2.33. The van der Waals surface area contributed by atoms with Gasteiger partial charge in [0.2, 0.25) is 0 Å². The Bertz CT molecular complexity index is 231. The first kappa shape index (κ1) is 141. The number of carbonyl (C=O) groups is 5. The van der Waals surface area contributed by atoms with Gasteiger partial charge in [0.05, 0.1) is 0 Å². The van der Waals surface area contributed by atoms with Crippen molar-refractivity contribution in [1.29, 1.82) is 0 Å². The molecule has 27 heteroatoms. The summed E-state index contributed by atoms with van der Waals surface area (Å²) in [4.78, 5) is 41.7. The predicted molar refractivity (Wildman–Crippen MR) is 57.5 cm³/mol. The quantitative estimate of drug-likeness (QED) is 0.215.